The maximum atomic E-state index is 12.7. The van der Waals surface area contributed by atoms with Crippen LogP contribution in [-0.2, 0) is 16.0 Å². The van der Waals surface area contributed by atoms with Crippen LogP contribution < -0.4 is 14.8 Å². The second-order valence-electron chi connectivity index (χ2n) is 8.45. The third-order valence-electron chi connectivity index (χ3n) is 6.10. The molecule has 2 aromatic carbocycles. The zero-order valence-electron chi connectivity index (χ0n) is 20.5. The first-order valence-electron chi connectivity index (χ1n) is 11.8. The SMILES string of the molecule is COc1ccc(C(CNC(=O)CCc2nnc(-c3ccc(C)cc3)o2)N2CCOCC2)cc1OC. The van der Waals surface area contributed by atoms with E-state index in [4.69, 9.17) is 18.6 Å². The summed E-state index contributed by atoms with van der Waals surface area (Å²) in [6.07, 6.45) is 0.639. The predicted octanol–water partition coefficient (Wildman–Crippen LogP) is 3.18. The lowest BCUT2D eigenvalue weighted by atomic mass is 10.0. The molecule has 186 valence electrons. The summed E-state index contributed by atoms with van der Waals surface area (Å²) in [5.74, 6) is 2.17. The normalized spacial score (nSPS) is 14.9. The molecule has 2 heterocycles. The number of aromatic nitrogens is 2. The van der Waals surface area contributed by atoms with E-state index < -0.39 is 0 Å². The molecular formula is C26H32N4O5. The Morgan fingerprint density at radius 1 is 1.06 bits per heavy atom. The number of carbonyl (C=O) groups is 1. The molecule has 1 aliphatic heterocycles. The summed E-state index contributed by atoms with van der Waals surface area (Å²) in [6.45, 7) is 5.40. The number of nitrogens with one attached hydrogen (secondary N) is 1. The van der Waals surface area contributed by atoms with Crippen molar-refractivity contribution in [3.05, 3.63) is 59.5 Å². The first-order valence-corrected chi connectivity index (χ1v) is 11.8. The Morgan fingerprint density at radius 2 is 1.80 bits per heavy atom. The highest BCUT2D eigenvalue weighted by atomic mass is 16.5. The molecule has 0 radical (unpaired) electrons. The number of amides is 1. The van der Waals surface area contributed by atoms with Crippen molar-refractivity contribution >= 4 is 5.91 Å². The maximum absolute atomic E-state index is 12.7. The summed E-state index contributed by atoms with van der Waals surface area (Å²) in [6, 6.07) is 13.7. The molecule has 1 amide bonds. The van der Waals surface area contributed by atoms with Gasteiger partial charge in [0.15, 0.2) is 11.5 Å². The van der Waals surface area contributed by atoms with E-state index in [9.17, 15) is 4.79 Å². The fourth-order valence-electron chi connectivity index (χ4n) is 4.09. The van der Waals surface area contributed by atoms with Gasteiger partial charge in [0.1, 0.15) is 0 Å². The monoisotopic (exact) mass is 480 g/mol. The Balaban J connectivity index is 1.37. The molecule has 0 saturated carbocycles. The van der Waals surface area contributed by atoms with Gasteiger partial charge in [0, 0.05) is 38.0 Å². The second kappa shape index (κ2) is 11.8. The van der Waals surface area contributed by atoms with Crippen LogP contribution in [0.3, 0.4) is 0 Å². The number of nitrogens with zero attached hydrogens (tertiary/aromatic N) is 3. The first kappa shape index (κ1) is 24.7. The third-order valence-corrected chi connectivity index (χ3v) is 6.10. The van der Waals surface area contributed by atoms with Gasteiger partial charge in [-0.1, -0.05) is 23.8 Å². The Morgan fingerprint density at radius 3 is 2.51 bits per heavy atom. The van der Waals surface area contributed by atoms with Gasteiger partial charge in [-0.15, -0.1) is 10.2 Å². The van der Waals surface area contributed by atoms with E-state index in [1.165, 1.54) is 0 Å². The topological polar surface area (TPSA) is 99.0 Å². The number of benzene rings is 2. The van der Waals surface area contributed by atoms with Gasteiger partial charge < -0.3 is 23.9 Å². The highest BCUT2D eigenvalue weighted by Gasteiger charge is 2.24. The summed E-state index contributed by atoms with van der Waals surface area (Å²) in [5, 5.41) is 11.3. The van der Waals surface area contributed by atoms with E-state index in [0.717, 1.165) is 29.8 Å². The number of morpholine rings is 1. The molecule has 1 saturated heterocycles. The maximum Gasteiger partial charge on any atom is 0.247 e. The standard InChI is InChI=1S/C26H32N4O5/c1-18-4-6-19(7-5-18)26-29-28-25(35-26)11-10-24(31)27-17-21(30-12-14-34-15-13-30)20-8-9-22(32-2)23(16-20)33-3/h4-9,16,21H,10-15,17H2,1-3H3,(H,27,31). The van der Waals surface area contributed by atoms with Gasteiger partial charge in [0.2, 0.25) is 17.7 Å². The third kappa shape index (κ3) is 6.37. The smallest absolute Gasteiger partial charge is 0.247 e. The van der Waals surface area contributed by atoms with Crippen molar-refractivity contribution in [2.45, 2.75) is 25.8 Å². The van der Waals surface area contributed by atoms with E-state index in [1.54, 1.807) is 14.2 Å². The van der Waals surface area contributed by atoms with Crippen LogP contribution in [0.25, 0.3) is 11.5 Å². The largest absolute Gasteiger partial charge is 0.493 e. The minimum Gasteiger partial charge on any atom is -0.493 e. The van der Waals surface area contributed by atoms with Gasteiger partial charge in [0.25, 0.3) is 0 Å². The van der Waals surface area contributed by atoms with E-state index >= 15 is 0 Å². The molecule has 0 spiro atoms. The Hall–Kier alpha value is -3.43. The summed E-state index contributed by atoms with van der Waals surface area (Å²) in [7, 11) is 3.24. The lowest BCUT2D eigenvalue weighted by molar-refractivity contribution is -0.121. The van der Waals surface area contributed by atoms with E-state index in [2.05, 4.69) is 20.4 Å². The highest BCUT2D eigenvalue weighted by molar-refractivity contribution is 5.76. The lowest BCUT2D eigenvalue weighted by Gasteiger charge is -2.35. The van der Waals surface area contributed by atoms with Crippen molar-refractivity contribution in [2.75, 3.05) is 47.1 Å². The summed E-state index contributed by atoms with van der Waals surface area (Å²) in [4.78, 5) is 15.0. The molecule has 9 nitrogen and oxygen atoms in total. The van der Waals surface area contributed by atoms with Crippen LogP contribution in [0.15, 0.2) is 46.9 Å². The van der Waals surface area contributed by atoms with Crippen LogP contribution in [0.4, 0.5) is 0 Å². The molecule has 1 aliphatic rings. The molecule has 4 rings (SSSR count). The van der Waals surface area contributed by atoms with Gasteiger partial charge in [-0.25, -0.2) is 0 Å². The van der Waals surface area contributed by atoms with Crippen molar-refractivity contribution in [3.8, 4) is 23.0 Å². The molecule has 1 atom stereocenters. The Labute approximate surface area is 205 Å². The number of aryl methyl sites for hydroxylation is 2. The average molecular weight is 481 g/mol. The number of rotatable bonds is 10. The van der Waals surface area contributed by atoms with E-state index in [0.29, 0.717) is 49.5 Å². The van der Waals surface area contributed by atoms with Crippen molar-refractivity contribution in [2.24, 2.45) is 0 Å². The minimum atomic E-state index is -0.0705. The summed E-state index contributed by atoms with van der Waals surface area (Å²) >= 11 is 0. The van der Waals surface area contributed by atoms with Crippen LogP contribution in [0.5, 0.6) is 11.5 Å². The van der Waals surface area contributed by atoms with Gasteiger partial charge in [-0.3, -0.25) is 9.69 Å². The molecule has 0 aliphatic carbocycles. The van der Waals surface area contributed by atoms with Crippen molar-refractivity contribution < 1.29 is 23.4 Å². The van der Waals surface area contributed by atoms with E-state index in [1.807, 2.05) is 49.4 Å². The van der Waals surface area contributed by atoms with Gasteiger partial charge in [-0.2, -0.15) is 0 Å². The number of carbonyl (C=O) groups excluding carboxylic acids is 1. The first-order chi connectivity index (χ1) is 17.1. The molecule has 0 bridgehead atoms. The van der Waals surface area contributed by atoms with Gasteiger partial charge >= 0.3 is 0 Å². The number of hydrogen-bond donors (Lipinski definition) is 1. The van der Waals surface area contributed by atoms with Crippen molar-refractivity contribution in [3.63, 3.8) is 0 Å². The summed E-state index contributed by atoms with van der Waals surface area (Å²) < 4.78 is 22.1. The molecule has 1 unspecified atom stereocenters. The zero-order chi connectivity index (χ0) is 24.6. The average Bonchev–Trinajstić information content (AvgIpc) is 3.37. The number of ether oxygens (including phenoxy) is 3. The van der Waals surface area contributed by atoms with Gasteiger partial charge in [-0.05, 0) is 36.8 Å². The second-order valence-corrected chi connectivity index (χ2v) is 8.45. The van der Waals surface area contributed by atoms with Gasteiger partial charge in [0.05, 0.1) is 33.5 Å². The molecule has 1 N–H and O–H groups in total. The Kier molecular flexibility index (Phi) is 8.33. The van der Waals surface area contributed by atoms with Crippen LogP contribution in [0.1, 0.15) is 29.5 Å². The molecule has 35 heavy (non-hydrogen) atoms. The quantitative estimate of drug-likeness (QED) is 0.472. The zero-order valence-corrected chi connectivity index (χ0v) is 20.5. The number of hydrogen-bond acceptors (Lipinski definition) is 8. The molecule has 1 fully saturated rings. The van der Waals surface area contributed by atoms with Crippen molar-refractivity contribution in [1.82, 2.24) is 20.4 Å². The fourth-order valence-corrected chi connectivity index (χ4v) is 4.09. The van der Waals surface area contributed by atoms with Crippen LogP contribution in [0.2, 0.25) is 0 Å². The lowest BCUT2D eigenvalue weighted by Crippen LogP contribution is -2.43. The predicted molar refractivity (Wildman–Crippen MR) is 130 cm³/mol. The Bertz CT molecular complexity index is 1110. The molecule has 1 aromatic heterocycles. The van der Waals surface area contributed by atoms with Crippen LogP contribution in [-0.4, -0.2) is 68.1 Å². The molecule has 3 aromatic rings. The summed E-state index contributed by atoms with van der Waals surface area (Å²) in [5.41, 5.74) is 3.07. The minimum absolute atomic E-state index is 0.0146. The molecular weight excluding hydrogens is 448 g/mol. The highest BCUT2D eigenvalue weighted by Crippen LogP contribution is 2.32. The number of methoxy groups -OCH3 is 2. The fraction of sp³-hybridized carbons (Fsp3) is 0.423. The molecule has 9 heteroatoms. The van der Waals surface area contributed by atoms with Crippen LogP contribution >= 0.6 is 0 Å². The van der Waals surface area contributed by atoms with Crippen molar-refractivity contribution in [1.29, 1.82) is 0 Å². The van der Waals surface area contributed by atoms with E-state index in [-0.39, 0.29) is 18.4 Å². The van der Waals surface area contributed by atoms with Crippen LogP contribution in [0, 0.1) is 6.92 Å².